The largest absolute Gasteiger partial charge is 0.296 e. The van der Waals surface area contributed by atoms with Gasteiger partial charge in [0.1, 0.15) is 10.7 Å². The van der Waals surface area contributed by atoms with E-state index in [1.54, 1.807) is 11.3 Å². The van der Waals surface area contributed by atoms with Crippen LogP contribution in [0.4, 0.5) is 0 Å². The first kappa shape index (κ1) is 12.9. The molecule has 0 unspecified atom stereocenters. The molecule has 1 aliphatic carbocycles. The number of fused-ring (bicyclic) bond motifs is 3. The molecule has 0 bridgehead atoms. The first-order valence-corrected chi connectivity index (χ1v) is 7.91. The number of thiophene rings is 1. The average Bonchev–Trinajstić information content (AvgIpc) is 2.72. The fourth-order valence-corrected chi connectivity index (χ4v) is 4.22. The molecule has 0 saturated carbocycles. The molecule has 0 N–H and O–H groups in total. The summed E-state index contributed by atoms with van der Waals surface area (Å²) in [5.74, 6) is 1.31. The summed E-state index contributed by atoms with van der Waals surface area (Å²) in [5.41, 5.74) is 1.47. The summed E-state index contributed by atoms with van der Waals surface area (Å²) in [6, 6.07) is 0. The summed E-state index contributed by atoms with van der Waals surface area (Å²) >= 11 is 1.73. The zero-order valence-corrected chi connectivity index (χ0v) is 12.6. The predicted molar refractivity (Wildman–Crippen MR) is 80.1 cm³/mol. The van der Waals surface area contributed by atoms with Crippen molar-refractivity contribution >= 4 is 21.6 Å². The minimum Gasteiger partial charge on any atom is -0.296 e. The number of hydrogen-bond acceptors (Lipinski definition) is 3. The van der Waals surface area contributed by atoms with Crippen molar-refractivity contribution in [2.45, 2.75) is 53.0 Å². The second kappa shape index (κ2) is 4.75. The average molecular weight is 276 g/mol. The van der Waals surface area contributed by atoms with Crippen molar-refractivity contribution in [1.82, 2.24) is 9.55 Å². The second-order valence-corrected chi connectivity index (χ2v) is 6.94. The maximum Gasteiger partial charge on any atom is 0.262 e. The Labute approximate surface area is 117 Å². The van der Waals surface area contributed by atoms with Crippen molar-refractivity contribution in [3.8, 4) is 0 Å². The van der Waals surface area contributed by atoms with Crippen molar-refractivity contribution < 1.29 is 0 Å². The number of aromatic nitrogens is 2. The van der Waals surface area contributed by atoms with Crippen LogP contribution in [0.1, 0.15) is 43.0 Å². The van der Waals surface area contributed by atoms with E-state index in [-0.39, 0.29) is 5.56 Å². The van der Waals surface area contributed by atoms with Gasteiger partial charge < -0.3 is 0 Å². The van der Waals surface area contributed by atoms with E-state index in [1.165, 1.54) is 23.3 Å². The fourth-order valence-electron chi connectivity index (χ4n) is 2.92. The molecule has 2 heterocycles. The molecule has 1 aliphatic rings. The molecular weight excluding hydrogens is 256 g/mol. The molecule has 0 spiro atoms. The van der Waals surface area contributed by atoms with E-state index in [4.69, 9.17) is 0 Å². The molecule has 0 atom stereocenters. The van der Waals surface area contributed by atoms with Crippen LogP contribution in [0.2, 0.25) is 0 Å². The van der Waals surface area contributed by atoms with Crippen LogP contribution in [0.15, 0.2) is 4.79 Å². The number of nitrogens with zero attached hydrogens (tertiary/aromatic N) is 2. The lowest BCUT2D eigenvalue weighted by molar-refractivity contribution is 0.498. The van der Waals surface area contributed by atoms with Crippen LogP contribution in [0.3, 0.4) is 0 Å². The smallest absolute Gasteiger partial charge is 0.262 e. The van der Waals surface area contributed by atoms with Gasteiger partial charge >= 0.3 is 0 Å². The molecule has 0 fully saturated rings. The zero-order valence-electron chi connectivity index (χ0n) is 11.8. The third-order valence-corrected chi connectivity index (χ3v) is 5.00. The monoisotopic (exact) mass is 276 g/mol. The summed E-state index contributed by atoms with van der Waals surface area (Å²) < 4.78 is 1.86. The Kier molecular flexibility index (Phi) is 3.21. The van der Waals surface area contributed by atoms with Crippen LogP contribution in [0.5, 0.6) is 0 Å². The molecule has 2 aromatic rings. The van der Waals surface area contributed by atoms with Crippen molar-refractivity contribution in [3.05, 3.63) is 26.6 Å². The van der Waals surface area contributed by atoms with Crippen LogP contribution in [-0.4, -0.2) is 9.55 Å². The van der Waals surface area contributed by atoms with Crippen LogP contribution in [0.25, 0.3) is 10.2 Å². The number of hydrogen-bond donors (Lipinski definition) is 0. The summed E-state index contributed by atoms with van der Waals surface area (Å²) in [7, 11) is 0. The molecule has 102 valence electrons. The number of aryl methyl sites for hydroxylation is 3. The Balaban J connectivity index is 2.27. The highest BCUT2D eigenvalue weighted by atomic mass is 32.1. The molecule has 0 saturated heterocycles. The minimum atomic E-state index is 0.176. The molecule has 3 rings (SSSR count). The van der Waals surface area contributed by atoms with Crippen LogP contribution < -0.4 is 5.56 Å². The Morgan fingerprint density at radius 2 is 2.05 bits per heavy atom. The number of rotatable bonds is 2. The van der Waals surface area contributed by atoms with Crippen molar-refractivity contribution in [1.29, 1.82) is 0 Å². The van der Waals surface area contributed by atoms with Gasteiger partial charge in [0.25, 0.3) is 5.56 Å². The van der Waals surface area contributed by atoms with E-state index in [0.29, 0.717) is 5.92 Å². The first-order chi connectivity index (χ1) is 9.08. The van der Waals surface area contributed by atoms with E-state index in [1.807, 2.05) is 11.5 Å². The molecule has 4 heteroatoms. The van der Waals surface area contributed by atoms with Gasteiger partial charge in [-0.1, -0.05) is 13.8 Å². The van der Waals surface area contributed by atoms with Crippen molar-refractivity contribution in [2.75, 3.05) is 0 Å². The van der Waals surface area contributed by atoms with Crippen LogP contribution >= 0.6 is 11.3 Å². The van der Waals surface area contributed by atoms with E-state index in [2.05, 4.69) is 18.8 Å². The van der Waals surface area contributed by atoms with Crippen molar-refractivity contribution in [3.63, 3.8) is 0 Å². The third kappa shape index (κ3) is 2.12. The topological polar surface area (TPSA) is 34.9 Å². The second-order valence-electron chi connectivity index (χ2n) is 5.86. The van der Waals surface area contributed by atoms with Gasteiger partial charge in [-0.2, -0.15) is 0 Å². The molecule has 3 nitrogen and oxygen atoms in total. The Morgan fingerprint density at radius 1 is 1.32 bits per heavy atom. The maximum atomic E-state index is 12.7. The first-order valence-electron chi connectivity index (χ1n) is 7.09. The lowest BCUT2D eigenvalue weighted by Crippen LogP contribution is -2.26. The maximum absolute atomic E-state index is 12.7. The van der Waals surface area contributed by atoms with Gasteiger partial charge in [-0.05, 0) is 44.1 Å². The summed E-state index contributed by atoms with van der Waals surface area (Å²) in [5, 5.41) is 0.908. The highest BCUT2D eigenvalue weighted by Gasteiger charge is 2.21. The molecule has 0 radical (unpaired) electrons. The summed E-state index contributed by atoms with van der Waals surface area (Å²) in [6.45, 7) is 6.98. The Bertz CT molecular complexity index is 681. The molecule has 19 heavy (non-hydrogen) atoms. The highest BCUT2D eigenvalue weighted by molar-refractivity contribution is 7.18. The van der Waals surface area contributed by atoms with Gasteiger partial charge in [-0.15, -0.1) is 11.3 Å². The molecule has 0 aliphatic heterocycles. The lowest BCUT2D eigenvalue weighted by atomic mass is 9.97. The third-order valence-electron chi connectivity index (χ3n) is 3.81. The zero-order chi connectivity index (χ0) is 13.6. The summed E-state index contributed by atoms with van der Waals surface area (Å²) in [4.78, 5) is 19.8. The van der Waals surface area contributed by atoms with Gasteiger partial charge in [0, 0.05) is 11.4 Å². The van der Waals surface area contributed by atoms with E-state index >= 15 is 0 Å². The van der Waals surface area contributed by atoms with E-state index < -0.39 is 0 Å². The Hall–Kier alpha value is -1.16. The van der Waals surface area contributed by atoms with Gasteiger partial charge in [0.05, 0.1) is 5.39 Å². The molecule has 0 amide bonds. The van der Waals surface area contributed by atoms with Crippen LogP contribution in [0, 0.1) is 12.8 Å². The Morgan fingerprint density at radius 3 is 2.79 bits per heavy atom. The molecule has 2 aromatic heterocycles. The normalized spacial score (nSPS) is 15.2. The SMILES string of the molecule is Cc1nc2sc3c(c2c(=O)n1CC(C)C)CCCC3. The van der Waals surface area contributed by atoms with Crippen LogP contribution in [-0.2, 0) is 19.4 Å². The highest BCUT2D eigenvalue weighted by Crippen LogP contribution is 2.33. The van der Waals surface area contributed by atoms with E-state index in [0.717, 1.165) is 35.4 Å². The standard InChI is InChI=1S/C15H20N2OS/c1-9(2)8-17-10(3)16-14-13(15(17)18)11-6-4-5-7-12(11)19-14/h9H,4-8H2,1-3H3. The fraction of sp³-hybridized carbons (Fsp3) is 0.600. The predicted octanol–water partition coefficient (Wildman–Crippen LogP) is 3.30. The van der Waals surface area contributed by atoms with Crippen molar-refractivity contribution in [2.24, 2.45) is 5.92 Å². The molecule has 0 aromatic carbocycles. The van der Waals surface area contributed by atoms with Gasteiger partial charge in [0.2, 0.25) is 0 Å². The lowest BCUT2D eigenvalue weighted by Gasteiger charge is -2.13. The molecular formula is C15H20N2OS. The van der Waals surface area contributed by atoms with E-state index in [9.17, 15) is 4.79 Å². The van der Waals surface area contributed by atoms with Gasteiger partial charge in [-0.3, -0.25) is 9.36 Å². The quantitative estimate of drug-likeness (QED) is 0.843. The summed E-state index contributed by atoms with van der Waals surface area (Å²) in [6.07, 6.45) is 4.63. The van der Waals surface area contributed by atoms with Gasteiger partial charge in [-0.25, -0.2) is 4.98 Å². The van der Waals surface area contributed by atoms with Gasteiger partial charge in [0.15, 0.2) is 0 Å². The minimum absolute atomic E-state index is 0.176.